The number of carbonyl (C=O) groups excluding carboxylic acids is 1. The minimum absolute atomic E-state index is 0.289. The number of benzene rings is 1. The van der Waals surface area contributed by atoms with Crippen molar-refractivity contribution in [3.05, 3.63) is 54.4 Å². The summed E-state index contributed by atoms with van der Waals surface area (Å²) in [6.45, 7) is 5.96. The second-order valence-electron chi connectivity index (χ2n) is 7.07. The van der Waals surface area contributed by atoms with Gasteiger partial charge in [-0.15, -0.1) is 0 Å². The van der Waals surface area contributed by atoms with E-state index in [1.165, 1.54) is 11.3 Å². The Hall–Kier alpha value is -3.43. The van der Waals surface area contributed by atoms with Gasteiger partial charge in [-0.25, -0.2) is 19.7 Å². The van der Waals surface area contributed by atoms with Gasteiger partial charge in [-0.1, -0.05) is 17.4 Å². The van der Waals surface area contributed by atoms with E-state index >= 15 is 0 Å². The predicted molar refractivity (Wildman–Crippen MR) is 122 cm³/mol. The van der Waals surface area contributed by atoms with Gasteiger partial charge < -0.3 is 10.4 Å². The first kappa shape index (κ1) is 20.8. The van der Waals surface area contributed by atoms with E-state index < -0.39 is 6.10 Å². The van der Waals surface area contributed by atoms with E-state index in [0.29, 0.717) is 17.5 Å². The number of aromatic nitrogens is 4. The molecule has 0 fully saturated rings. The highest BCUT2D eigenvalue weighted by Crippen LogP contribution is 2.38. The predicted octanol–water partition coefficient (Wildman–Crippen LogP) is 4.32. The molecule has 4 aromatic rings. The van der Waals surface area contributed by atoms with Crippen LogP contribution in [0.2, 0.25) is 0 Å². The molecular weight excluding hydrogens is 412 g/mol. The average Bonchev–Trinajstić information content (AvgIpc) is 3.16. The third kappa shape index (κ3) is 4.52. The van der Waals surface area contributed by atoms with Gasteiger partial charge in [0, 0.05) is 47.5 Å². The van der Waals surface area contributed by atoms with E-state index in [-0.39, 0.29) is 6.03 Å². The quantitative estimate of drug-likeness (QED) is 0.431. The van der Waals surface area contributed by atoms with Gasteiger partial charge in [-0.3, -0.25) is 10.3 Å². The Labute approximate surface area is 183 Å². The van der Waals surface area contributed by atoms with Crippen LogP contribution in [0.1, 0.15) is 31.5 Å². The zero-order valence-electron chi connectivity index (χ0n) is 17.4. The third-order valence-electron chi connectivity index (χ3n) is 4.65. The summed E-state index contributed by atoms with van der Waals surface area (Å²) in [4.78, 5) is 29.5. The Morgan fingerprint density at radius 3 is 2.48 bits per heavy atom. The number of thiazole rings is 1. The number of hydrogen-bond donors (Lipinski definition) is 3. The summed E-state index contributed by atoms with van der Waals surface area (Å²) in [5.74, 6) is 0.370. The smallest absolute Gasteiger partial charge is 0.321 e. The molecule has 0 saturated carbocycles. The van der Waals surface area contributed by atoms with E-state index in [4.69, 9.17) is 0 Å². The molecule has 3 aromatic heterocycles. The first-order valence-electron chi connectivity index (χ1n) is 9.87. The summed E-state index contributed by atoms with van der Waals surface area (Å²) < 4.78 is 0.947. The fourth-order valence-corrected chi connectivity index (χ4v) is 4.08. The SMILES string of the molecule is CCNC(=O)Nc1nc2cc(-c3cnc(C(C)O)nc3)cc(-c3ccc(C)nc3)c2s1. The minimum Gasteiger partial charge on any atom is -0.385 e. The van der Waals surface area contributed by atoms with Crippen LogP contribution in [0.5, 0.6) is 0 Å². The monoisotopic (exact) mass is 434 g/mol. The number of aryl methyl sites for hydroxylation is 1. The largest absolute Gasteiger partial charge is 0.385 e. The summed E-state index contributed by atoms with van der Waals surface area (Å²) in [5.41, 5.74) is 5.28. The lowest BCUT2D eigenvalue weighted by atomic mass is 10.0. The molecule has 2 amide bonds. The molecule has 0 spiro atoms. The van der Waals surface area contributed by atoms with E-state index in [2.05, 4.69) is 30.6 Å². The highest BCUT2D eigenvalue weighted by Gasteiger charge is 2.15. The van der Waals surface area contributed by atoms with Crippen molar-refractivity contribution in [1.82, 2.24) is 25.3 Å². The molecular formula is C22H22N6O2S. The number of nitrogens with zero attached hydrogens (tertiary/aromatic N) is 4. The number of pyridine rings is 1. The lowest BCUT2D eigenvalue weighted by molar-refractivity contribution is 0.189. The van der Waals surface area contributed by atoms with Crippen molar-refractivity contribution < 1.29 is 9.90 Å². The zero-order chi connectivity index (χ0) is 22.0. The van der Waals surface area contributed by atoms with Gasteiger partial charge in [0.15, 0.2) is 11.0 Å². The molecule has 158 valence electrons. The molecule has 0 aliphatic carbocycles. The third-order valence-corrected chi connectivity index (χ3v) is 5.67. The summed E-state index contributed by atoms with van der Waals surface area (Å²) in [6.07, 6.45) is 4.48. The summed E-state index contributed by atoms with van der Waals surface area (Å²) in [7, 11) is 0. The summed E-state index contributed by atoms with van der Waals surface area (Å²) >= 11 is 1.41. The second kappa shape index (κ2) is 8.75. The molecule has 3 heterocycles. The van der Waals surface area contributed by atoms with Gasteiger partial charge in [0.2, 0.25) is 0 Å². The molecule has 0 saturated heterocycles. The van der Waals surface area contributed by atoms with Crippen LogP contribution >= 0.6 is 11.3 Å². The molecule has 1 aromatic carbocycles. The Balaban J connectivity index is 1.83. The maximum absolute atomic E-state index is 12.0. The molecule has 1 unspecified atom stereocenters. The number of carbonyl (C=O) groups is 1. The molecule has 8 nitrogen and oxygen atoms in total. The van der Waals surface area contributed by atoms with Gasteiger partial charge in [0.25, 0.3) is 0 Å². The van der Waals surface area contributed by atoms with Gasteiger partial charge in [-0.2, -0.15) is 0 Å². The number of aliphatic hydroxyl groups is 1. The molecule has 0 aliphatic heterocycles. The van der Waals surface area contributed by atoms with Crippen LogP contribution in [-0.4, -0.2) is 37.6 Å². The fourth-order valence-electron chi connectivity index (χ4n) is 3.10. The average molecular weight is 435 g/mol. The standard InChI is InChI=1S/C22H22N6O2S/c1-4-23-21(30)28-22-27-18-8-15(16-10-25-20(13(3)29)26-11-16)7-17(19(18)31-22)14-6-5-12(2)24-9-14/h5-11,13,29H,4H2,1-3H3,(H2,23,27,28,30). The van der Waals surface area contributed by atoms with Crippen molar-refractivity contribution in [2.24, 2.45) is 0 Å². The number of urea groups is 1. The number of hydrogen-bond acceptors (Lipinski definition) is 7. The first-order chi connectivity index (χ1) is 14.9. The molecule has 0 aliphatic rings. The molecule has 1 atom stereocenters. The normalized spacial score (nSPS) is 12.0. The van der Waals surface area contributed by atoms with Crippen LogP contribution in [0.4, 0.5) is 9.93 Å². The fraction of sp³-hybridized carbons (Fsp3) is 0.227. The van der Waals surface area contributed by atoms with Crippen LogP contribution in [0.25, 0.3) is 32.5 Å². The van der Waals surface area contributed by atoms with Crippen molar-refractivity contribution in [3.8, 4) is 22.3 Å². The Morgan fingerprint density at radius 2 is 1.84 bits per heavy atom. The number of fused-ring (bicyclic) bond motifs is 1. The Kier molecular flexibility index (Phi) is 5.88. The van der Waals surface area contributed by atoms with Gasteiger partial charge in [-0.05, 0) is 44.5 Å². The van der Waals surface area contributed by atoms with Crippen LogP contribution in [0.3, 0.4) is 0 Å². The summed E-state index contributed by atoms with van der Waals surface area (Å²) in [6, 6.07) is 7.68. The Morgan fingerprint density at radius 1 is 1.10 bits per heavy atom. The van der Waals surface area contributed by atoms with Gasteiger partial charge in [0.1, 0.15) is 6.10 Å². The number of aliphatic hydroxyl groups excluding tert-OH is 1. The van der Waals surface area contributed by atoms with Crippen LogP contribution in [-0.2, 0) is 0 Å². The van der Waals surface area contributed by atoms with Crippen LogP contribution in [0.15, 0.2) is 42.9 Å². The van der Waals surface area contributed by atoms with Gasteiger partial charge >= 0.3 is 6.03 Å². The Bertz CT molecular complexity index is 1220. The lowest BCUT2D eigenvalue weighted by Crippen LogP contribution is -2.28. The molecule has 9 heteroatoms. The first-order valence-corrected chi connectivity index (χ1v) is 10.7. The lowest BCUT2D eigenvalue weighted by Gasteiger charge is -2.08. The summed E-state index contributed by atoms with van der Waals surface area (Å²) in [5, 5.41) is 15.7. The molecule has 4 rings (SSSR count). The topological polar surface area (TPSA) is 113 Å². The maximum Gasteiger partial charge on any atom is 0.321 e. The van der Waals surface area contributed by atoms with Crippen molar-refractivity contribution in [2.75, 3.05) is 11.9 Å². The van der Waals surface area contributed by atoms with Crippen molar-refractivity contribution in [3.63, 3.8) is 0 Å². The molecule has 31 heavy (non-hydrogen) atoms. The number of nitrogens with one attached hydrogen (secondary N) is 2. The second-order valence-corrected chi connectivity index (χ2v) is 8.07. The highest BCUT2D eigenvalue weighted by atomic mass is 32.1. The number of amides is 2. The van der Waals surface area contributed by atoms with E-state index in [0.717, 1.165) is 38.2 Å². The van der Waals surface area contributed by atoms with Crippen LogP contribution in [0, 0.1) is 6.92 Å². The van der Waals surface area contributed by atoms with Crippen molar-refractivity contribution in [2.45, 2.75) is 26.9 Å². The maximum atomic E-state index is 12.0. The van der Waals surface area contributed by atoms with E-state index in [1.54, 1.807) is 19.3 Å². The minimum atomic E-state index is -0.729. The van der Waals surface area contributed by atoms with Gasteiger partial charge in [0.05, 0.1) is 10.2 Å². The van der Waals surface area contributed by atoms with E-state index in [9.17, 15) is 9.90 Å². The van der Waals surface area contributed by atoms with Crippen molar-refractivity contribution in [1.29, 1.82) is 0 Å². The molecule has 0 bridgehead atoms. The number of anilines is 1. The number of rotatable bonds is 5. The van der Waals surface area contributed by atoms with Crippen LogP contribution < -0.4 is 10.6 Å². The molecule has 0 radical (unpaired) electrons. The van der Waals surface area contributed by atoms with Crippen molar-refractivity contribution >= 4 is 32.7 Å². The molecule has 3 N–H and O–H groups in total. The van der Waals surface area contributed by atoms with E-state index in [1.807, 2.05) is 44.3 Å². The highest BCUT2D eigenvalue weighted by molar-refractivity contribution is 7.22. The zero-order valence-corrected chi connectivity index (χ0v) is 18.2.